The van der Waals surface area contributed by atoms with Gasteiger partial charge < -0.3 is 0 Å². The van der Waals surface area contributed by atoms with Gasteiger partial charge in [0.1, 0.15) is 0 Å². The second-order valence-corrected chi connectivity index (χ2v) is 6.38. The molecule has 0 unspecified atom stereocenters. The quantitative estimate of drug-likeness (QED) is 0.486. The zero-order valence-electron chi connectivity index (χ0n) is 13.7. The molecule has 0 fully saturated rings. The molecule has 2 aromatic rings. The van der Waals surface area contributed by atoms with E-state index < -0.39 is 10.8 Å². The van der Waals surface area contributed by atoms with Gasteiger partial charge in [-0.1, -0.05) is 23.8 Å². The Morgan fingerprint density at radius 1 is 1.12 bits per heavy atom. The van der Waals surface area contributed by atoms with Gasteiger partial charge in [0.25, 0.3) is 11.6 Å². The van der Waals surface area contributed by atoms with E-state index >= 15 is 0 Å². The predicted octanol–water partition coefficient (Wildman–Crippen LogP) is 2.76. The summed E-state index contributed by atoms with van der Waals surface area (Å²) in [7, 11) is 0. The highest BCUT2D eigenvalue weighted by atomic mass is 32.2. The molecule has 0 aliphatic carbocycles. The van der Waals surface area contributed by atoms with Crippen LogP contribution in [0, 0.1) is 24.0 Å². The number of aryl methyl sites for hydroxylation is 2. The van der Waals surface area contributed by atoms with Crippen molar-refractivity contribution >= 4 is 29.3 Å². The van der Waals surface area contributed by atoms with Crippen LogP contribution in [0.4, 0.5) is 5.69 Å². The number of benzene rings is 2. The molecule has 0 radical (unpaired) electrons. The Balaban J connectivity index is 1.87. The van der Waals surface area contributed by atoms with Crippen molar-refractivity contribution in [1.29, 1.82) is 0 Å². The van der Waals surface area contributed by atoms with E-state index in [9.17, 15) is 19.7 Å². The highest BCUT2D eigenvalue weighted by Crippen LogP contribution is 2.23. The summed E-state index contributed by atoms with van der Waals surface area (Å²) < 4.78 is 0. The fourth-order valence-corrected chi connectivity index (χ4v) is 2.93. The van der Waals surface area contributed by atoms with E-state index in [1.165, 1.54) is 30.0 Å². The number of hydrazine groups is 1. The first-order valence-corrected chi connectivity index (χ1v) is 8.39. The first-order valence-electron chi connectivity index (χ1n) is 7.40. The highest BCUT2D eigenvalue weighted by Gasteiger charge is 2.12. The molecule has 0 aliphatic heterocycles. The third-order valence-electron chi connectivity index (χ3n) is 3.34. The van der Waals surface area contributed by atoms with Crippen LogP contribution < -0.4 is 10.9 Å². The molecule has 130 valence electrons. The number of nitrogens with zero attached hydrogens (tertiary/aromatic N) is 1. The van der Waals surface area contributed by atoms with Gasteiger partial charge in [0, 0.05) is 22.6 Å². The monoisotopic (exact) mass is 359 g/mol. The zero-order chi connectivity index (χ0) is 18.4. The van der Waals surface area contributed by atoms with Crippen molar-refractivity contribution in [2.24, 2.45) is 0 Å². The summed E-state index contributed by atoms with van der Waals surface area (Å²) in [6.07, 6.45) is 0. The molecule has 0 atom stereocenters. The third-order valence-corrected chi connectivity index (χ3v) is 4.49. The van der Waals surface area contributed by atoms with Crippen LogP contribution in [0.5, 0.6) is 0 Å². The maximum Gasteiger partial charge on any atom is 0.270 e. The average Bonchev–Trinajstić information content (AvgIpc) is 2.60. The van der Waals surface area contributed by atoms with Gasteiger partial charge in [-0.15, -0.1) is 11.8 Å². The molecule has 0 bridgehead atoms. The van der Waals surface area contributed by atoms with Gasteiger partial charge in [-0.05, 0) is 31.5 Å². The molecule has 8 heteroatoms. The Hall–Kier alpha value is -2.87. The number of amides is 2. The van der Waals surface area contributed by atoms with Crippen molar-refractivity contribution in [1.82, 2.24) is 10.9 Å². The number of non-ortho nitro benzene ring substituents is 1. The molecule has 2 N–H and O–H groups in total. The van der Waals surface area contributed by atoms with Gasteiger partial charge in [0.05, 0.1) is 10.7 Å². The van der Waals surface area contributed by atoms with Crippen molar-refractivity contribution in [2.45, 2.75) is 18.7 Å². The number of nitro groups is 1. The first-order chi connectivity index (χ1) is 11.9. The highest BCUT2D eigenvalue weighted by molar-refractivity contribution is 8.00. The first kappa shape index (κ1) is 18.5. The zero-order valence-corrected chi connectivity index (χ0v) is 14.6. The number of hydrogen-bond acceptors (Lipinski definition) is 5. The van der Waals surface area contributed by atoms with Crippen LogP contribution in [0.2, 0.25) is 0 Å². The van der Waals surface area contributed by atoms with Gasteiger partial charge in [-0.25, -0.2) is 0 Å². The summed E-state index contributed by atoms with van der Waals surface area (Å²) >= 11 is 1.37. The van der Waals surface area contributed by atoms with Crippen LogP contribution in [-0.4, -0.2) is 22.5 Å². The Morgan fingerprint density at radius 2 is 1.88 bits per heavy atom. The second-order valence-electron chi connectivity index (χ2n) is 5.37. The minimum absolute atomic E-state index is 0.0941. The Kier molecular flexibility index (Phi) is 6.13. The van der Waals surface area contributed by atoms with Gasteiger partial charge >= 0.3 is 0 Å². The molecule has 7 nitrogen and oxygen atoms in total. The van der Waals surface area contributed by atoms with Crippen LogP contribution in [0.3, 0.4) is 0 Å². The third kappa shape index (κ3) is 5.32. The maximum atomic E-state index is 11.9. The number of carbonyl (C=O) groups is 2. The number of hydrogen-bond donors (Lipinski definition) is 2. The predicted molar refractivity (Wildman–Crippen MR) is 95.3 cm³/mol. The SMILES string of the molecule is Cc1ccc(C)c(SCC(=O)NNC(=O)c2cccc([N+](=O)[O-])c2)c1. The number of rotatable bonds is 5. The van der Waals surface area contributed by atoms with Gasteiger partial charge in [0.2, 0.25) is 5.91 Å². The van der Waals surface area contributed by atoms with E-state index in [0.29, 0.717) is 0 Å². The standard InChI is InChI=1S/C17H17N3O4S/c1-11-6-7-12(2)15(8-11)25-10-16(21)18-19-17(22)13-4-3-5-14(9-13)20(23)24/h3-9H,10H2,1-2H3,(H,18,21)(H,19,22). The number of nitrogens with one attached hydrogen (secondary N) is 2. The molecule has 2 amide bonds. The molecule has 0 heterocycles. The van der Waals surface area contributed by atoms with Crippen LogP contribution in [0.25, 0.3) is 0 Å². The summed E-state index contributed by atoms with van der Waals surface area (Å²) in [6, 6.07) is 11.3. The summed E-state index contributed by atoms with van der Waals surface area (Å²) in [5.41, 5.74) is 6.64. The normalized spacial score (nSPS) is 10.2. The molecule has 2 aromatic carbocycles. The summed E-state index contributed by atoms with van der Waals surface area (Å²) in [6.45, 7) is 3.94. The van der Waals surface area contributed by atoms with Crippen molar-refractivity contribution in [3.63, 3.8) is 0 Å². The minimum Gasteiger partial charge on any atom is -0.272 e. The fourth-order valence-electron chi connectivity index (χ4n) is 2.00. The number of nitro benzene ring substituents is 1. The topological polar surface area (TPSA) is 101 Å². The lowest BCUT2D eigenvalue weighted by Crippen LogP contribution is -2.42. The van der Waals surface area contributed by atoms with E-state index in [-0.39, 0.29) is 22.9 Å². The Labute approximate surface area is 148 Å². The van der Waals surface area contributed by atoms with Gasteiger partial charge in [-0.3, -0.25) is 30.6 Å². The van der Waals surface area contributed by atoms with Gasteiger partial charge in [-0.2, -0.15) is 0 Å². The van der Waals surface area contributed by atoms with E-state index in [2.05, 4.69) is 10.9 Å². The van der Waals surface area contributed by atoms with Crippen molar-refractivity contribution in [3.05, 3.63) is 69.3 Å². The Bertz CT molecular complexity index is 823. The lowest BCUT2D eigenvalue weighted by atomic mass is 10.2. The lowest BCUT2D eigenvalue weighted by Gasteiger charge is -2.09. The molecule has 2 rings (SSSR count). The van der Waals surface area contributed by atoms with E-state index in [1.807, 2.05) is 32.0 Å². The second kappa shape index (κ2) is 8.29. The molecular weight excluding hydrogens is 342 g/mol. The van der Waals surface area contributed by atoms with E-state index in [1.54, 1.807) is 0 Å². The largest absolute Gasteiger partial charge is 0.272 e. The Morgan fingerprint density at radius 3 is 2.60 bits per heavy atom. The van der Waals surface area contributed by atoms with Crippen LogP contribution in [0.15, 0.2) is 47.4 Å². The fraction of sp³-hybridized carbons (Fsp3) is 0.176. The molecular formula is C17H17N3O4S. The molecule has 0 saturated heterocycles. The maximum absolute atomic E-state index is 11.9. The van der Waals surface area contributed by atoms with Gasteiger partial charge in [0.15, 0.2) is 0 Å². The summed E-state index contributed by atoms with van der Waals surface area (Å²) in [5.74, 6) is -0.849. The molecule has 0 aliphatic rings. The summed E-state index contributed by atoms with van der Waals surface area (Å²) in [5, 5.41) is 10.7. The minimum atomic E-state index is -0.617. The van der Waals surface area contributed by atoms with E-state index in [0.717, 1.165) is 22.1 Å². The molecule has 0 spiro atoms. The van der Waals surface area contributed by atoms with Crippen LogP contribution in [0.1, 0.15) is 21.5 Å². The van der Waals surface area contributed by atoms with Crippen molar-refractivity contribution < 1.29 is 14.5 Å². The average molecular weight is 359 g/mol. The molecule has 0 saturated carbocycles. The van der Waals surface area contributed by atoms with E-state index in [4.69, 9.17) is 0 Å². The summed E-state index contributed by atoms with van der Waals surface area (Å²) in [4.78, 5) is 34.9. The smallest absolute Gasteiger partial charge is 0.270 e. The molecule has 25 heavy (non-hydrogen) atoms. The van der Waals surface area contributed by atoms with Crippen molar-refractivity contribution in [2.75, 3.05) is 5.75 Å². The number of thioether (sulfide) groups is 1. The van der Waals surface area contributed by atoms with Crippen molar-refractivity contribution in [3.8, 4) is 0 Å². The molecule has 0 aromatic heterocycles. The lowest BCUT2D eigenvalue weighted by molar-refractivity contribution is -0.384. The van der Waals surface area contributed by atoms with Crippen LogP contribution >= 0.6 is 11.8 Å². The number of carbonyl (C=O) groups excluding carboxylic acids is 2. The van der Waals surface area contributed by atoms with Crippen LogP contribution in [-0.2, 0) is 4.79 Å².